The smallest absolute Gasteiger partial charge is 0.255 e. The predicted molar refractivity (Wildman–Crippen MR) is 106 cm³/mol. The summed E-state index contributed by atoms with van der Waals surface area (Å²) < 4.78 is 32.0. The number of nitrogens with one attached hydrogen (secondary N) is 1. The number of benzene rings is 2. The van der Waals surface area contributed by atoms with Crippen molar-refractivity contribution in [2.24, 2.45) is 0 Å². The van der Waals surface area contributed by atoms with Gasteiger partial charge in [0.2, 0.25) is 10.0 Å². The molecule has 1 amide bonds. The van der Waals surface area contributed by atoms with Gasteiger partial charge in [-0.2, -0.15) is 4.31 Å². The first-order valence-corrected chi connectivity index (χ1v) is 9.97. The summed E-state index contributed by atoms with van der Waals surface area (Å²) in [7, 11) is -3.63. The van der Waals surface area contributed by atoms with Crippen LogP contribution in [0.25, 0.3) is 0 Å². The van der Waals surface area contributed by atoms with Crippen LogP contribution in [0.5, 0.6) is 0 Å². The Morgan fingerprint density at radius 2 is 1.74 bits per heavy atom. The number of rotatable bonds is 4. The molecule has 0 aliphatic carbocycles. The molecule has 1 aliphatic heterocycles. The van der Waals surface area contributed by atoms with Gasteiger partial charge in [0.05, 0.1) is 18.1 Å². The van der Waals surface area contributed by atoms with E-state index in [0.29, 0.717) is 37.6 Å². The highest BCUT2D eigenvalue weighted by molar-refractivity contribution is 7.89. The largest absolute Gasteiger partial charge is 0.379 e. The van der Waals surface area contributed by atoms with Crippen molar-refractivity contribution in [2.45, 2.75) is 11.8 Å². The van der Waals surface area contributed by atoms with E-state index in [0.717, 1.165) is 5.56 Å². The van der Waals surface area contributed by atoms with Crippen molar-refractivity contribution in [3.8, 4) is 0 Å². The van der Waals surface area contributed by atoms with Crippen LogP contribution in [-0.4, -0.2) is 44.9 Å². The second-order valence-corrected chi connectivity index (χ2v) is 7.75. The Bertz CT molecular complexity index is 890. The van der Waals surface area contributed by atoms with Crippen LogP contribution in [0.1, 0.15) is 15.9 Å². The minimum absolute atomic E-state index is 0.117. The molecule has 0 bridgehead atoms. The van der Waals surface area contributed by atoms with Crippen molar-refractivity contribution in [3.05, 3.63) is 72.8 Å². The number of nitrogens with zero attached hydrogens (tertiary/aromatic N) is 1. The van der Waals surface area contributed by atoms with Crippen LogP contribution >= 0.6 is 0 Å². The van der Waals surface area contributed by atoms with Crippen LogP contribution in [0, 0.1) is 6.92 Å². The summed E-state index contributed by atoms with van der Waals surface area (Å²) in [5.74, 6) is -0.340. The number of morpholine rings is 1. The zero-order valence-electron chi connectivity index (χ0n) is 15.3. The lowest BCUT2D eigenvalue weighted by molar-refractivity contribution is 0.0730. The number of aryl methyl sites for hydroxylation is 1. The van der Waals surface area contributed by atoms with Crippen molar-refractivity contribution in [1.29, 1.82) is 0 Å². The standard InChI is InChI=1S/C18H20N2O4S.C2H4/c1-14-5-2-3-8-17(14)19-18(21)15-6-4-7-16(13-15)25(22,23)20-9-11-24-12-10-20;1-2/h2-8,13H,9-12H2,1H3,(H,19,21);1-2H2. The molecule has 0 aromatic heterocycles. The van der Waals surface area contributed by atoms with Gasteiger partial charge in [0.1, 0.15) is 0 Å². The SMILES string of the molecule is C=C.Cc1ccccc1NC(=O)c1cccc(S(=O)(=O)N2CCOCC2)c1. The van der Waals surface area contributed by atoms with Crippen LogP contribution in [0.2, 0.25) is 0 Å². The highest BCUT2D eigenvalue weighted by Gasteiger charge is 2.26. The van der Waals surface area contributed by atoms with Gasteiger partial charge in [0, 0.05) is 24.3 Å². The van der Waals surface area contributed by atoms with E-state index >= 15 is 0 Å². The lowest BCUT2D eigenvalue weighted by atomic mass is 10.1. The highest BCUT2D eigenvalue weighted by Crippen LogP contribution is 2.20. The summed E-state index contributed by atoms with van der Waals surface area (Å²) in [6.45, 7) is 9.30. The fourth-order valence-corrected chi connectivity index (χ4v) is 4.10. The molecule has 0 spiro atoms. The molecular weight excluding hydrogens is 364 g/mol. The number of hydrogen-bond acceptors (Lipinski definition) is 4. The summed E-state index contributed by atoms with van der Waals surface area (Å²) in [6, 6.07) is 13.5. The third kappa shape index (κ3) is 5.03. The maximum absolute atomic E-state index is 12.7. The van der Waals surface area contributed by atoms with Gasteiger partial charge in [0.25, 0.3) is 5.91 Å². The molecule has 2 aromatic carbocycles. The molecule has 7 heteroatoms. The first-order chi connectivity index (χ1) is 13.0. The number of hydrogen-bond donors (Lipinski definition) is 1. The number of carbonyl (C=O) groups is 1. The molecule has 1 fully saturated rings. The molecule has 0 saturated carbocycles. The number of amides is 1. The van der Waals surface area contributed by atoms with Gasteiger partial charge in [-0.15, -0.1) is 13.2 Å². The Kier molecular flexibility index (Phi) is 7.29. The number of carbonyl (C=O) groups excluding carboxylic acids is 1. The van der Waals surface area contributed by atoms with Gasteiger partial charge in [-0.3, -0.25) is 4.79 Å². The topological polar surface area (TPSA) is 75.7 Å². The van der Waals surface area contributed by atoms with E-state index < -0.39 is 10.0 Å². The van der Waals surface area contributed by atoms with E-state index in [1.807, 2.05) is 31.2 Å². The molecule has 0 atom stereocenters. The summed E-state index contributed by atoms with van der Waals surface area (Å²) in [5.41, 5.74) is 1.94. The molecule has 3 rings (SSSR count). The summed E-state index contributed by atoms with van der Waals surface area (Å²) >= 11 is 0. The highest BCUT2D eigenvalue weighted by atomic mass is 32.2. The Morgan fingerprint density at radius 1 is 1.07 bits per heavy atom. The molecule has 6 nitrogen and oxygen atoms in total. The van der Waals surface area contributed by atoms with E-state index in [-0.39, 0.29) is 10.8 Å². The Labute approximate surface area is 160 Å². The summed E-state index contributed by atoms with van der Waals surface area (Å²) in [6.07, 6.45) is 0. The molecule has 0 radical (unpaired) electrons. The maximum Gasteiger partial charge on any atom is 0.255 e. The second kappa shape index (κ2) is 9.45. The van der Waals surface area contributed by atoms with E-state index in [1.165, 1.54) is 16.4 Å². The van der Waals surface area contributed by atoms with Crippen LogP contribution in [0.4, 0.5) is 5.69 Å². The van der Waals surface area contributed by atoms with E-state index in [2.05, 4.69) is 18.5 Å². The Hall–Kier alpha value is -2.48. The molecule has 0 unspecified atom stereocenters. The molecule has 2 aromatic rings. The monoisotopic (exact) mass is 388 g/mol. The second-order valence-electron chi connectivity index (χ2n) is 5.81. The first kappa shape index (κ1) is 20.8. The number of para-hydroxylation sites is 1. The molecule has 1 saturated heterocycles. The fourth-order valence-electron chi connectivity index (χ4n) is 2.64. The van der Waals surface area contributed by atoms with Gasteiger partial charge >= 0.3 is 0 Å². The quantitative estimate of drug-likeness (QED) is 0.817. The molecule has 27 heavy (non-hydrogen) atoms. The molecular formula is C20H24N2O4S. The van der Waals surface area contributed by atoms with E-state index in [9.17, 15) is 13.2 Å². The van der Waals surface area contributed by atoms with E-state index in [4.69, 9.17) is 4.74 Å². The molecule has 1 heterocycles. The fraction of sp³-hybridized carbons (Fsp3) is 0.250. The average molecular weight is 388 g/mol. The predicted octanol–water partition coefficient (Wildman–Crippen LogP) is 3.07. The third-order valence-corrected chi connectivity index (χ3v) is 5.99. The molecule has 1 N–H and O–H groups in total. The van der Waals surface area contributed by atoms with Gasteiger partial charge in [-0.1, -0.05) is 24.3 Å². The lowest BCUT2D eigenvalue weighted by Crippen LogP contribution is -2.40. The van der Waals surface area contributed by atoms with Crippen molar-refractivity contribution in [3.63, 3.8) is 0 Å². The summed E-state index contributed by atoms with van der Waals surface area (Å²) in [4.78, 5) is 12.6. The van der Waals surface area contributed by atoms with Gasteiger partial charge < -0.3 is 10.1 Å². The van der Waals surface area contributed by atoms with Crippen molar-refractivity contribution < 1.29 is 17.9 Å². The zero-order valence-corrected chi connectivity index (χ0v) is 16.2. The van der Waals surface area contributed by atoms with Crippen LogP contribution in [0.3, 0.4) is 0 Å². The summed E-state index contributed by atoms with van der Waals surface area (Å²) in [5, 5.41) is 2.82. The van der Waals surface area contributed by atoms with E-state index in [1.54, 1.807) is 12.1 Å². The van der Waals surface area contributed by atoms with Gasteiger partial charge in [-0.05, 0) is 36.8 Å². The first-order valence-electron chi connectivity index (χ1n) is 8.53. The number of anilines is 1. The Balaban J connectivity index is 0.00000126. The molecule has 1 aliphatic rings. The minimum atomic E-state index is -3.63. The zero-order chi connectivity index (χ0) is 19.9. The van der Waals surface area contributed by atoms with Gasteiger partial charge in [0.15, 0.2) is 0 Å². The van der Waals surface area contributed by atoms with Crippen molar-refractivity contribution in [2.75, 3.05) is 31.6 Å². The Morgan fingerprint density at radius 3 is 2.41 bits per heavy atom. The maximum atomic E-state index is 12.7. The van der Waals surface area contributed by atoms with Crippen LogP contribution in [-0.2, 0) is 14.8 Å². The van der Waals surface area contributed by atoms with Crippen LogP contribution < -0.4 is 5.32 Å². The third-order valence-electron chi connectivity index (χ3n) is 4.10. The lowest BCUT2D eigenvalue weighted by Gasteiger charge is -2.26. The van der Waals surface area contributed by atoms with Crippen molar-refractivity contribution >= 4 is 21.6 Å². The van der Waals surface area contributed by atoms with Gasteiger partial charge in [-0.25, -0.2) is 8.42 Å². The van der Waals surface area contributed by atoms with Crippen molar-refractivity contribution in [1.82, 2.24) is 4.31 Å². The number of sulfonamides is 1. The average Bonchev–Trinajstić information content (AvgIpc) is 2.72. The van der Waals surface area contributed by atoms with Crippen LogP contribution in [0.15, 0.2) is 66.6 Å². The minimum Gasteiger partial charge on any atom is -0.379 e. The number of ether oxygens (including phenoxy) is 1. The normalized spacial score (nSPS) is 14.7. The molecule has 144 valence electrons.